The Labute approximate surface area is 155 Å². The highest BCUT2D eigenvalue weighted by Crippen LogP contribution is 2.40. The zero-order valence-electron chi connectivity index (χ0n) is 13.9. The van der Waals surface area contributed by atoms with Crippen molar-refractivity contribution >= 4 is 39.0 Å². The molecule has 2 aromatic rings. The van der Waals surface area contributed by atoms with Crippen LogP contribution in [0, 0.1) is 5.92 Å². The first-order valence-corrected chi connectivity index (χ1v) is 9.77. The molecule has 2 saturated heterocycles. The predicted molar refractivity (Wildman–Crippen MR) is 99.1 cm³/mol. The number of piperidine rings is 1. The van der Waals surface area contributed by atoms with E-state index in [0.717, 1.165) is 59.9 Å². The van der Waals surface area contributed by atoms with Gasteiger partial charge >= 0.3 is 0 Å². The normalized spacial score (nSPS) is 22.3. The summed E-state index contributed by atoms with van der Waals surface area (Å²) in [5.74, 6) is 0.827. The van der Waals surface area contributed by atoms with E-state index in [1.807, 2.05) is 6.07 Å². The second-order valence-electron chi connectivity index (χ2n) is 6.59. The zero-order chi connectivity index (χ0) is 17.4. The van der Waals surface area contributed by atoms with Crippen molar-refractivity contribution < 1.29 is 9.84 Å². The second kappa shape index (κ2) is 6.94. The molecule has 1 atom stereocenters. The Balaban J connectivity index is 1.74. The first-order chi connectivity index (χ1) is 12.1. The maximum absolute atomic E-state index is 11.0. The van der Waals surface area contributed by atoms with Crippen LogP contribution in [0.3, 0.4) is 0 Å². The molecule has 0 saturated carbocycles. The maximum atomic E-state index is 11.0. The third kappa shape index (κ3) is 3.34. The molecule has 0 bridgehead atoms. The Hall–Kier alpha value is -1.03. The zero-order valence-corrected chi connectivity index (χ0v) is 15.4. The largest absolute Gasteiger partial charge is 0.378 e. The first-order valence-electron chi connectivity index (χ1n) is 8.58. The van der Waals surface area contributed by atoms with Crippen molar-refractivity contribution in [1.29, 1.82) is 0 Å². The molecule has 2 aliphatic rings. The van der Waals surface area contributed by atoms with Crippen LogP contribution in [0.5, 0.6) is 0 Å². The van der Waals surface area contributed by atoms with Crippen molar-refractivity contribution in [3.63, 3.8) is 0 Å². The molecule has 4 heterocycles. The van der Waals surface area contributed by atoms with Gasteiger partial charge in [0.25, 0.3) is 0 Å². The number of ether oxygens (including phenoxy) is 1. The van der Waals surface area contributed by atoms with Crippen molar-refractivity contribution in [2.75, 3.05) is 44.3 Å². The summed E-state index contributed by atoms with van der Waals surface area (Å²) in [6, 6.07) is 1.86. The Morgan fingerprint density at radius 3 is 2.76 bits per heavy atom. The number of halogens is 1. The maximum Gasteiger partial charge on any atom is 0.224 e. The minimum atomic E-state index is -1.36. The number of anilines is 1. The SMILES string of the molecule is NC(O)(c1cc2nc(Cl)nc(N3CCOCC3)c2s1)C1CCNCC1. The van der Waals surface area contributed by atoms with Crippen molar-refractivity contribution in [2.45, 2.75) is 18.6 Å². The standard InChI is InChI=1S/C16H22ClN5O2S/c17-15-20-11-9-12(16(18,23)10-1-3-19-4-2-10)25-13(11)14(21-15)22-5-7-24-8-6-22/h9-10,19,23H,1-8,18H2. The summed E-state index contributed by atoms with van der Waals surface area (Å²) < 4.78 is 6.34. The van der Waals surface area contributed by atoms with E-state index in [9.17, 15) is 5.11 Å². The average molecular weight is 384 g/mol. The number of nitrogens with two attached hydrogens (primary N) is 1. The predicted octanol–water partition coefficient (Wildman–Crippen LogP) is 1.28. The van der Waals surface area contributed by atoms with Crippen LogP contribution >= 0.6 is 22.9 Å². The Morgan fingerprint density at radius 1 is 1.32 bits per heavy atom. The van der Waals surface area contributed by atoms with E-state index in [1.54, 1.807) is 0 Å². The van der Waals surface area contributed by atoms with Crippen LogP contribution in [-0.4, -0.2) is 54.5 Å². The lowest BCUT2D eigenvalue weighted by atomic mass is 9.86. The van der Waals surface area contributed by atoms with Crippen LogP contribution in [0.15, 0.2) is 6.07 Å². The number of fused-ring (bicyclic) bond motifs is 1. The van der Waals surface area contributed by atoms with Gasteiger partial charge in [0.15, 0.2) is 11.5 Å². The summed E-state index contributed by atoms with van der Waals surface area (Å²) >= 11 is 7.60. The molecule has 136 valence electrons. The minimum Gasteiger partial charge on any atom is -0.378 e. The molecule has 4 N–H and O–H groups in total. The summed E-state index contributed by atoms with van der Waals surface area (Å²) in [7, 11) is 0. The summed E-state index contributed by atoms with van der Waals surface area (Å²) in [5.41, 5.74) is 5.74. The number of nitrogens with one attached hydrogen (secondary N) is 1. The molecule has 0 aromatic carbocycles. The van der Waals surface area contributed by atoms with Crippen LogP contribution in [0.25, 0.3) is 10.2 Å². The fraction of sp³-hybridized carbons (Fsp3) is 0.625. The third-order valence-corrected chi connectivity index (χ3v) is 6.42. The molecule has 0 aliphatic carbocycles. The molecule has 0 spiro atoms. The fourth-order valence-corrected chi connectivity index (χ4v) is 4.90. The van der Waals surface area contributed by atoms with E-state index in [4.69, 9.17) is 22.1 Å². The van der Waals surface area contributed by atoms with Gasteiger partial charge in [-0.2, -0.15) is 4.98 Å². The van der Waals surface area contributed by atoms with E-state index in [1.165, 1.54) is 11.3 Å². The number of morpholine rings is 1. The van der Waals surface area contributed by atoms with Crippen molar-refractivity contribution in [3.05, 3.63) is 16.2 Å². The number of rotatable bonds is 3. The van der Waals surface area contributed by atoms with Gasteiger partial charge in [-0.25, -0.2) is 4.98 Å². The second-order valence-corrected chi connectivity index (χ2v) is 7.98. The summed E-state index contributed by atoms with van der Waals surface area (Å²) in [6.45, 7) is 4.60. The van der Waals surface area contributed by atoms with Crippen LogP contribution < -0.4 is 16.0 Å². The van der Waals surface area contributed by atoms with Gasteiger partial charge in [-0.05, 0) is 43.6 Å². The van der Waals surface area contributed by atoms with Crippen LogP contribution in [0.4, 0.5) is 5.82 Å². The molecular weight excluding hydrogens is 362 g/mol. The highest BCUT2D eigenvalue weighted by atomic mass is 35.5. The number of hydrogen-bond donors (Lipinski definition) is 3. The quantitative estimate of drug-likeness (QED) is 0.542. The highest BCUT2D eigenvalue weighted by molar-refractivity contribution is 7.19. The monoisotopic (exact) mass is 383 g/mol. The number of aliphatic hydroxyl groups is 1. The van der Waals surface area contributed by atoms with Gasteiger partial charge in [0.1, 0.15) is 0 Å². The van der Waals surface area contributed by atoms with Crippen LogP contribution in [-0.2, 0) is 10.5 Å². The Bertz CT molecular complexity index is 756. The molecule has 0 radical (unpaired) electrons. The van der Waals surface area contributed by atoms with Gasteiger partial charge < -0.3 is 20.1 Å². The molecular formula is C16H22ClN5O2S. The van der Waals surface area contributed by atoms with E-state index >= 15 is 0 Å². The third-order valence-electron chi connectivity index (χ3n) is 4.99. The van der Waals surface area contributed by atoms with Gasteiger partial charge in [-0.15, -0.1) is 11.3 Å². The molecule has 2 aliphatic heterocycles. The van der Waals surface area contributed by atoms with Crippen molar-refractivity contribution in [2.24, 2.45) is 11.7 Å². The van der Waals surface area contributed by atoms with Crippen molar-refractivity contribution in [1.82, 2.24) is 15.3 Å². The Morgan fingerprint density at radius 2 is 2.04 bits per heavy atom. The summed E-state index contributed by atoms with van der Waals surface area (Å²) in [6.07, 6.45) is 1.70. The number of aromatic nitrogens is 2. The fourth-order valence-electron chi connectivity index (χ4n) is 3.54. The molecule has 4 rings (SSSR count). The first kappa shape index (κ1) is 17.4. The van der Waals surface area contributed by atoms with Gasteiger partial charge in [0, 0.05) is 19.0 Å². The van der Waals surface area contributed by atoms with Gasteiger partial charge in [-0.1, -0.05) is 0 Å². The molecule has 2 aromatic heterocycles. The van der Waals surface area contributed by atoms with E-state index in [-0.39, 0.29) is 11.2 Å². The van der Waals surface area contributed by atoms with E-state index < -0.39 is 5.72 Å². The highest BCUT2D eigenvalue weighted by Gasteiger charge is 2.37. The molecule has 1 unspecified atom stereocenters. The lowest BCUT2D eigenvalue weighted by Gasteiger charge is -2.34. The molecule has 7 nitrogen and oxygen atoms in total. The number of nitrogens with zero attached hydrogens (tertiary/aromatic N) is 3. The number of hydrogen-bond acceptors (Lipinski definition) is 8. The van der Waals surface area contributed by atoms with Gasteiger partial charge in [0.2, 0.25) is 5.28 Å². The average Bonchev–Trinajstić information content (AvgIpc) is 3.07. The lowest BCUT2D eigenvalue weighted by molar-refractivity contribution is -0.0272. The van der Waals surface area contributed by atoms with Crippen LogP contribution in [0.1, 0.15) is 17.7 Å². The van der Waals surface area contributed by atoms with Crippen LogP contribution in [0.2, 0.25) is 5.28 Å². The Kier molecular flexibility index (Phi) is 4.83. The number of thiophene rings is 1. The van der Waals surface area contributed by atoms with E-state index in [2.05, 4.69) is 20.2 Å². The summed E-state index contributed by atoms with van der Waals surface area (Å²) in [4.78, 5) is 11.6. The van der Waals surface area contributed by atoms with E-state index in [0.29, 0.717) is 13.2 Å². The van der Waals surface area contributed by atoms with Gasteiger partial charge in [0.05, 0.1) is 28.3 Å². The lowest BCUT2D eigenvalue weighted by Crippen LogP contribution is -2.47. The minimum absolute atomic E-state index is 0.0251. The summed E-state index contributed by atoms with van der Waals surface area (Å²) in [5, 5.41) is 14.5. The van der Waals surface area contributed by atoms with Gasteiger partial charge in [-0.3, -0.25) is 5.73 Å². The molecule has 9 heteroatoms. The topological polar surface area (TPSA) is 96.5 Å². The van der Waals surface area contributed by atoms with Crippen molar-refractivity contribution in [3.8, 4) is 0 Å². The molecule has 2 fully saturated rings. The smallest absolute Gasteiger partial charge is 0.224 e. The molecule has 25 heavy (non-hydrogen) atoms. The molecule has 0 amide bonds.